The van der Waals surface area contributed by atoms with Crippen LogP contribution in [0, 0.1) is 11.8 Å². The Bertz CT molecular complexity index is 294. The standard InChI is InChI=1S/C16H32O4Si/c1-7-19-15(17)11-21(9-13(3)4,10-14(5)6)12-16(18)20-8-2/h13-14H,7-12H2,1-6H3. The maximum absolute atomic E-state index is 12.0. The topological polar surface area (TPSA) is 52.6 Å². The Balaban J connectivity index is 5.19. The fourth-order valence-corrected chi connectivity index (χ4v) is 8.96. The molecule has 124 valence electrons. The van der Waals surface area contributed by atoms with E-state index in [1.165, 1.54) is 0 Å². The minimum Gasteiger partial charge on any atom is -0.466 e. The summed E-state index contributed by atoms with van der Waals surface area (Å²) in [5.41, 5.74) is 0. The van der Waals surface area contributed by atoms with Crippen molar-refractivity contribution in [1.82, 2.24) is 0 Å². The summed E-state index contributed by atoms with van der Waals surface area (Å²) in [7, 11) is -2.07. The highest BCUT2D eigenvalue weighted by molar-refractivity contribution is 6.84. The number of rotatable bonds is 10. The lowest BCUT2D eigenvalue weighted by Crippen LogP contribution is -2.42. The molecule has 4 nitrogen and oxygen atoms in total. The predicted octanol–water partition coefficient (Wildman–Crippen LogP) is 3.87. The molecule has 0 aliphatic heterocycles. The summed E-state index contributed by atoms with van der Waals surface area (Å²) >= 11 is 0. The summed E-state index contributed by atoms with van der Waals surface area (Å²) in [5.74, 6) is 0.628. The quantitative estimate of drug-likeness (QED) is 0.453. The first-order chi connectivity index (χ1) is 9.74. The van der Waals surface area contributed by atoms with E-state index in [-0.39, 0.29) is 11.9 Å². The van der Waals surface area contributed by atoms with E-state index in [4.69, 9.17) is 9.47 Å². The molecule has 0 aromatic carbocycles. The zero-order valence-corrected chi connectivity index (χ0v) is 15.5. The molecule has 0 atom stereocenters. The third-order valence-electron chi connectivity index (χ3n) is 3.33. The van der Waals surface area contributed by atoms with Gasteiger partial charge in [0.2, 0.25) is 0 Å². The van der Waals surface area contributed by atoms with E-state index in [0.29, 0.717) is 37.1 Å². The molecule has 0 aliphatic carbocycles. The molecule has 0 unspecified atom stereocenters. The molecule has 0 radical (unpaired) electrons. The van der Waals surface area contributed by atoms with Crippen LogP contribution in [-0.2, 0) is 19.1 Å². The molecule has 0 rings (SSSR count). The molecule has 0 aliphatic rings. The molecule has 0 bridgehead atoms. The molecule has 0 amide bonds. The Morgan fingerprint density at radius 2 is 1.14 bits per heavy atom. The lowest BCUT2D eigenvalue weighted by Gasteiger charge is -2.33. The summed E-state index contributed by atoms with van der Waals surface area (Å²) < 4.78 is 10.3. The van der Waals surface area contributed by atoms with Gasteiger partial charge in [-0.2, -0.15) is 0 Å². The van der Waals surface area contributed by atoms with Gasteiger partial charge in [0.25, 0.3) is 0 Å². The second-order valence-electron chi connectivity index (χ2n) is 6.66. The molecular formula is C16H32O4Si. The van der Waals surface area contributed by atoms with Crippen LogP contribution in [0.4, 0.5) is 0 Å². The third-order valence-corrected chi connectivity index (χ3v) is 8.77. The molecule has 0 heterocycles. The normalized spacial score (nSPS) is 11.8. The number of ether oxygens (including phenoxy) is 2. The van der Waals surface area contributed by atoms with Crippen LogP contribution in [0.15, 0.2) is 0 Å². The van der Waals surface area contributed by atoms with Gasteiger partial charge in [-0.1, -0.05) is 39.8 Å². The van der Waals surface area contributed by atoms with Gasteiger partial charge in [-0.25, -0.2) is 0 Å². The van der Waals surface area contributed by atoms with Crippen LogP contribution in [-0.4, -0.2) is 33.2 Å². The van der Waals surface area contributed by atoms with Crippen LogP contribution in [0.2, 0.25) is 24.2 Å². The van der Waals surface area contributed by atoms with E-state index in [0.717, 1.165) is 12.1 Å². The second-order valence-corrected chi connectivity index (χ2v) is 11.2. The van der Waals surface area contributed by atoms with Crippen molar-refractivity contribution in [3.63, 3.8) is 0 Å². The first-order valence-electron chi connectivity index (χ1n) is 8.06. The van der Waals surface area contributed by atoms with Gasteiger partial charge in [0, 0.05) is 12.1 Å². The Morgan fingerprint density at radius 3 is 1.38 bits per heavy atom. The van der Waals surface area contributed by atoms with Crippen molar-refractivity contribution in [2.24, 2.45) is 11.8 Å². The van der Waals surface area contributed by atoms with Crippen molar-refractivity contribution >= 4 is 20.0 Å². The Kier molecular flexibility index (Phi) is 9.58. The Morgan fingerprint density at radius 1 is 0.810 bits per heavy atom. The predicted molar refractivity (Wildman–Crippen MR) is 87.9 cm³/mol. The van der Waals surface area contributed by atoms with E-state index < -0.39 is 8.07 Å². The van der Waals surface area contributed by atoms with Gasteiger partial charge in [-0.15, -0.1) is 0 Å². The van der Waals surface area contributed by atoms with E-state index in [1.807, 2.05) is 13.8 Å². The van der Waals surface area contributed by atoms with Crippen LogP contribution in [0.5, 0.6) is 0 Å². The maximum Gasteiger partial charge on any atom is 0.303 e. The number of carbonyl (C=O) groups excluding carboxylic acids is 2. The van der Waals surface area contributed by atoms with Gasteiger partial charge < -0.3 is 9.47 Å². The molecule has 0 spiro atoms. The summed E-state index contributed by atoms with van der Waals surface area (Å²) in [4.78, 5) is 24.0. The molecule has 0 aromatic rings. The molecule has 0 saturated heterocycles. The number of esters is 2. The van der Waals surface area contributed by atoms with Crippen molar-refractivity contribution in [2.45, 2.75) is 65.7 Å². The zero-order valence-electron chi connectivity index (χ0n) is 14.5. The van der Waals surface area contributed by atoms with E-state index >= 15 is 0 Å². The first kappa shape index (κ1) is 20.2. The second kappa shape index (κ2) is 9.98. The van der Waals surface area contributed by atoms with E-state index in [2.05, 4.69) is 27.7 Å². The largest absolute Gasteiger partial charge is 0.466 e. The number of hydrogen-bond donors (Lipinski definition) is 0. The van der Waals surface area contributed by atoms with Crippen LogP contribution in [0.25, 0.3) is 0 Å². The smallest absolute Gasteiger partial charge is 0.303 e. The summed E-state index contributed by atoms with van der Waals surface area (Å²) in [6, 6.07) is 2.78. The van der Waals surface area contributed by atoms with Crippen molar-refractivity contribution < 1.29 is 19.1 Å². The van der Waals surface area contributed by atoms with Crippen molar-refractivity contribution in [3.8, 4) is 0 Å². The summed E-state index contributed by atoms with van der Waals surface area (Å²) in [5, 5.41) is 0. The summed E-state index contributed by atoms with van der Waals surface area (Å²) in [6.45, 7) is 13.0. The Labute approximate surface area is 130 Å². The third kappa shape index (κ3) is 8.91. The summed E-state index contributed by atoms with van der Waals surface area (Å²) in [6.07, 6.45) is 0. The Hall–Kier alpha value is -0.843. The van der Waals surface area contributed by atoms with E-state index in [1.54, 1.807) is 0 Å². The molecule has 5 heteroatoms. The van der Waals surface area contributed by atoms with Gasteiger partial charge in [-0.3, -0.25) is 9.59 Å². The SMILES string of the molecule is CCOC(=O)C[Si](CC(=O)OCC)(CC(C)C)CC(C)C. The molecule has 0 N–H and O–H groups in total. The molecule has 0 fully saturated rings. The maximum atomic E-state index is 12.0. The fraction of sp³-hybridized carbons (Fsp3) is 0.875. The average Bonchev–Trinajstić information content (AvgIpc) is 2.26. The molecule has 0 aromatic heterocycles. The molecule has 0 saturated carbocycles. The van der Waals surface area contributed by atoms with Crippen molar-refractivity contribution in [1.29, 1.82) is 0 Å². The number of hydrogen-bond acceptors (Lipinski definition) is 4. The monoisotopic (exact) mass is 316 g/mol. The van der Waals surface area contributed by atoms with Gasteiger partial charge >= 0.3 is 11.9 Å². The van der Waals surface area contributed by atoms with Crippen LogP contribution < -0.4 is 0 Å². The molecular weight excluding hydrogens is 284 g/mol. The fourth-order valence-electron chi connectivity index (χ4n) is 3.20. The van der Waals surface area contributed by atoms with Crippen molar-refractivity contribution in [3.05, 3.63) is 0 Å². The van der Waals surface area contributed by atoms with Crippen LogP contribution in [0.3, 0.4) is 0 Å². The average molecular weight is 317 g/mol. The zero-order chi connectivity index (χ0) is 16.5. The lowest BCUT2D eigenvalue weighted by atomic mass is 10.3. The highest BCUT2D eigenvalue weighted by Gasteiger charge is 2.39. The minimum atomic E-state index is -2.07. The van der Waals surface area contributed by atoms with Gasteiger partial charge in [0.15, 0.2) is 0 Å². The lowest BCUT2D eigenvalue weighted by molar-refractivity contribution is -0.140. The van der Waals surface area contributed by atoms with Gasteiger partial charge in [0.05, 0.1) is 21.3 Å². The van der Waals surface area contributed by atoms with Crippen LogP contribution in [0.1, 0.15) is 41.5 Å². The van der Waals surface area contributed by atoms with Crippen molar-refractivity contribution in [2.75, 3.05) is 13.2 Å². The van der Waals surface area contributed by atoms with Gasteiger partial charge in [0.1, 0.15) is 0 Å². The van der Waals surface area contributed by atoms with Crippen LogP contribution >= 0.6 is 0 Å². The van der Waals surface area contributed by atoms with Gasteiger partial charge in [-0.05, 0) is 25.7 Å². The highest BCUT2D eigenvalue weighted by atomic mass is 28.3. The number of carbonyl (C=O) groups is 2. The minimum absolute atomic E-state index is 0.158. The first-order valence-corrected chi connectivity index (χ1v) is 10.9. The highest BCUT2D eigenvalue weighted by Crippen LogP contribution is 2.33. The van der Waals surface area contributed by atoms with E-state index in [9.17, 15) is 9.59 Å². The molecule has 21 heavy (non-hydrogen) atoms.